The number of benzene rings is 2. The number of quaternary nitrogens is 1. The molecule has 0 amide bonds. The average molecular weight is 320 g/mol. The first-order valence-electron chi connectivity index (χ1n) is 9.50. The summed E-state index contributed by atoms with van der Waals surface area (Å²) in [5.41, 5.74) is 4.31. The molecule has 1 aliphatic heterocycles. The maximum absolute atomic E-state index is 2.49. The van der Waals surface area contributed by atoms with Gasteiger partial charge >= 0.3 is 0 Å². The van der Waals surface area contributed by atoms with E-state index in [1.54, 1.807) is 0 Å². The van der Waals surface area contributed by atoms with E-state index in [0.717, 1.165) is 4.48 Å². The summed E-state index contributed by atoms with van der Waals surface area (Å²) in [4.78, 5) is 0. The zero-order valence-corrected chi connectivity index (χ0v) is 15.1. The van der Waals surface area contributed by atoms with Crippen molar-refractivity contribution in [2.45, 2.75) is 45.6 Å². The first-order valence-corrected chi connectivity index (χ1v) is 9.50. The SMILES string of the molecule is CCCC[N+]1(CCCC)C=Cc2ccccc2C1c1ccccc1. The van der Waals surface area contributed by atoms with Crippen LogP contribution in [0.3, 0.4) is 0 Å². The van der Waals surface area contributed by atoms with Gasteiger partial charge in [0.05, 0.1) is 19.3 Å². The van der Waals surface area contributed by atoms with Crippen LogP contribution < -0.4 is 0 Å². The van der Waals surface area contributed by atoms with E-state index >= 15 is 0 Å². The Kier molecular flexibility index (Phi) is 5.52. The van der Waals surface area contributed by atoms with Crippen molar-refractivity contribution in [3.05, 3.63) is 77.5 Å². The maximum Gasteiger partial charge on any atom is 0.145 e. The second-order valence-corrected chi connectivity index (χ2v) is 7.02. The zero-order valence-electron chi connectivity index (χ0n) is 15.1. The van der Waals surface area contributed by atoms with E-state index in [2.05, 4.69) is 80.7 Å². The van der Waals surface area contributed by atoms with Crippen LogP contribution >= 0.6 is 0 Å². The van der Waals surface area contributed by atoms with Gasteiger partial charge in [-0.05, 0) is 24.5 Å². The number of hydrogen-bond acceptors (Lipinski definition) is 0. The van der Waals surface area contributed by atoms with Crippen LogP contribution in [-0.4, -0.2) is 17.6 Å². The fourth-order valence-electron chi connectivity index (χ4n) is 4.04. The largest absolute Gasteiger partial charge is 0.287 e. The fraction of sp³-hybridized carbons (Fsp3) is 0.391. The molecule has 1 atom stereocenters. The molecule has 0 saturated carbocycles. The molecule has 1 nitrogen and oxygen atoms in total. The third kappa shape index (κ3) is 3.32. The predicted octanol–water partition coefficient (Wildman–Crippen LogP) is 6.18. The summed E-state index contributed by atoms with van der Waals surface area (Å²) in [7, 11) is 0. The lowest BCUT2D eigenvalue weighted by Gasteiger charge is -2.45. The molecular formula is C23H30N+. The molecular weight excluding hydrogens is 290 g/mol. The second-order valence-electron chi connectivity index (χ2n) is 7.02. The maximum atomic E-state index is 2.49. The molecule has 1 heteroatoms. The lowest BCUT2D eigenvalue weighted by atomic mass is 9.88. The van der Waals surface area contributed by atoms with Crippen LogP contribution in [0.15, 0.2) is 60.8 Å². The summed E-state index contributed by atoms with van der Waals surface area (Å²) in [5.74, 6) is 0. The van der Waals surface area contributed by atoms with Gasteiger partial charge in [0.2, 0.25) is 0 Å². The van der Waals surface area contributed by atoms with Crippen molar-refractivity contribution in [2.75, 3.05) is 13.1 Å². The molecule has 0 N–H and O–H groups in total. The van der Waals surface area contributed by atoms with Crippen LogP contribution in [0, 0.1) is 0 Å². The van der Waals surface area contributed by atoms with Crippen LogP contribution in [0.1, 0.15) is 62.3 Å². The highest BCUT2D eigenvalue weighted by molar-refractivity contribution is 5.57. The molecule has 2 aromatic rings. The Morgan fingerprint density at radius 2 is 1.42 bits per heavy atom. The molecule has 0 bridgehead atoms. The number of rotatable bonds is 7. The molecule has 0 radical (unpaired) electrons. The molecule has 1 aliphatic rings. The summed E-state index contributed by atoms with van der Waals surface area (Å²) in [5, 5.41) is 0. The lowest BCUT2D eigenvalue weighted by Crippen LogP contribution is -2.49. The van der Waals surface area contributed by atoms with Crippen LogP contribution in [-0.2, 0) is 0 Å². The summed E-state index contributed by atoms with van der Waals surface area (Å²) in [6.45, 7) is 7.05. The minimum Gasteiger partial charge on any atom is -0.287 e. The highest BCUT2D eigenvalue weighted by Crippen LogP contribution is 2.42. The van der Waals surface area contributed by atoms with Gasteiger partial charge in [-0.3, -0.25) is 4.48 Å². The van der Waals surface area contributed by atoms with E-state index in [1.165, 1.54) is 55.5 Å². The molecule has 24 heavy (non-hydrogen) atoms. The molecule has 0 spiro atoms. The van der Waals surface area contributed by atoms with Gasteiger partial charge in [-0.1, -0.05) is 81.3 Å². The molecule has 1 heterocycles. The number of unbranched alkanes of at least 4 members (excludes halogenated alkanes) is 2. The first-order chi connectivity index (χ1) is 11.8. The minimum absolute atomic E-state index is 0.422. The summed E-state index contributed by atoms with van der Waals surface area (Å²) < 4.78 is 1.07. The van der Waals surface area contributed by atoms with Gasteiger partial charge in [0, 0.05) is 11.1 Å². The monoisotopic (exact) mass is 320 g/mol. The van der Waals surface area contributed by atoms with Crippen LogP contribution in [0.4, 0.5) is 0 Å². The summed E-state index contributed by atoms with van der Waals surface area (Å²) in [6.07, 6.45) is 9.91. The van der Waals surface area contributed by atoms with Gasteiger partial charge in [0.15, 0.2) is 0 Å². The third-order valence-corrected chi connectivity index (χ3v) is 5.33. The fourth-order valence-corrected chi connectivity index (χ4v) is 4.04. The Labute approximate surface area is 147 Å². The Morgan fingerprint density at radius 1 is 0.792 bits per heavy atom. The Hall–Kier alpha value is -1.86. The molecule has 0 aromatic heterocycles. The molecule has 0 aliphatic carbocycles. The van der Waals surface area contributed by atoms with Gasteiger partial charge in [0.1, 0.15) is 6.04 Å². The quantitative estimate of drug-likeness (QED) is 0.535. The van der Waals surface area contributed by atoms with E-state index in [4.69, 9.17) is 0 Å². The van der Waals surface area contributed by atoms with Crippen molar-refractivity contribution in [3.63, 3.8) is 0 Å². The van der Waals surface area contributed by atoms with Gasteiger partial charge in [-0.15, -0.1) is 0 Å². The normalized spacial score (nSPS) is 18.3. The van der Waals surface area contributed by atoms with E-state index in [-0.39, 0.29) is 0 Å². The van der Waals surface area contributed by atoms with Crippen molar-refractivity contribution in [1.82, 2.24) is 0 Å². The third-order valence-electron chi connectivity index (χ3n) is 5.33. The Balaban J connectivity index is 2.11. The lowest BCUT2D eigenvalue weighted by molar-refractivity contribution is -0.905. The average Bonchev–Trinajstić information content (AvgIpc) is 2.65. The Morgan fingerprint density at radius 3 is 2.08 bits per heavy atom. The smallest absolute Gasteiger partial charge is 0.145 e. The number of fused-ring (bicyclic) bond motifs is 1. The van der Waals surface area contributed by atoms with Crippen LogP contribution in [0.2, 0.25) is 0 Å². The molecule has 126 valence electrons. The predicted molar refractivity (Wildman–Crippen MR) is 104 cm³/mol. The highest BCUT2D eigenvalue weighted by atomic mass is 15.4. The van der Waals surface area contributed by atoms with E-state index in [0.29, 0.717) is 6.04 Å². The molecule has 0 fully saturated rings. The Bertz CT molecular complexity index is 663. The minimum atomic E-state index is 0.422. The van der Waals surface area contributed by atoms with Crippen molar-refractivity contribution < 1.29 is 4.48 Å². The standard InChI is InChI=1S/C23H30N/c1-3-5-17-24(18-6-4-2)19-16-20-12-10-11-15-22(20)23(24)21-13-8-7-9-14-21/h7-16,19,23H,3-6,17-18H2,1-2H3/q+1. The summed E-state index contributed by atoms with van der Waals surface area (Å²) in [6, 6.07) is 20.5. The molecule has 1 unspecified atom stereocenters. The second kappa shape index (κ2) is 7.81. The molecule has 3 rings (SSSR count). The molecule has 0 saturated heterocycles. The van der Waals surface area contributed by atoms with Gasteiger partial charge < -0.3 is 0 Å². The number of hydrogen-bond donors (Lipinski definition) is 0. The van der Waals surface area contributed by atoms with E-state index < -0.39 is 0 Å². The topological polar surface area (TPSA) is 0 Å². The highest BCUT2D eigenvalue weighted by Gasteiger charge is 2.40. The van der Waals surface area contributed by atoms with Crippen molar-refractivity contribution >= 4 is 6.08 Å². The molecule has 2 aromatic carbocycles. The first kappa shape index (κ1) is 17.0. The van der Waals surface area contributed by atoms with Gasteiger partial charge in [-0.25, -0.2) is 0 Å². The van der Waals surface area contributed by atoms with Crippen molar-refractivity contribution in [3.8, 4) is 0 Å². The van der Waals surface area contributed by atoms with Crippen molar-refractivity contribution in [1.29, 1.82) is 0 Å². The number of nitrogens with zero attached hydrogens (tertiary/aromatic N) is 1. The van der Waals surface area contributed by atoms with Crippen LogP contribution in [0.25, 0.3) is 6.08 Å². The van der Waals surface area contributed by atoms with E-state index in [9.17, 15) is 0 Å². The van der Waals surface area contributed by atoms with Crippen LogP contribution in [0.5, 0.6) is 0 Å². The summed E-state index contributed by atoms with van der Waals surface area (Å²) >= 11 is 0. The zero-order chi connectivity index (χ0) is 16.8. The van der Waals surface area contributed by atoms with E-state index in [1.807, 2.05) is 0 Å². The van der Waals surface area contributed by atoms with Gasteiger partial charge in [-0.2, -0.15) is 0 Å². The van der Waals surface area contributed by atoms with Gasteiger partial charge in [0.25, 0.3) is 0 Å². The van der Waals surface area contributed by atoms with Crippen molar-refractivity contribution in [2.24, 2.45) is 0 Å².